The van der Waals surface area contributed by atoms with Gasteiger partial charge in [-0.15, -0.1) is 0 Å². The lowest BCUT2D eigenvalue weighted by Crippen LogP contribution is -2.43. The van der Waals surface area contributed by atoms with Gasteiger partial charge >= 0.3 is 0 Å². The summed E-state index contributed by atoms with van der Waals surface area (Å²) in [6.07, 6.45) is -2.56. The van der Waals surface area contributed by atoms with Gasteiger partial charge < -0.3 is 10.1 Å². The fourth-order valence-electron chi connectivity index (χ4n) is 4.10. The van der Waals surface area contributed by atoms with Crippen molar-refractivity contribution in [2.45, 2.75) is 45.7 Å². The van der Waals surface area contributed by atoms with Crippen molar-refractivity contribution in [3.63, 3.8) is 0 Å². The largest absolute Gasteiger partial charge is 0.472 e. The van der Waals surface area contributed by atoms with Crippen LogP contribution in [0.4, 0.5) is 14.6 Å². The van der Waals surface area contributed by atoms with E-state index in [0.29, 0.717) is 36.7 Å². The van der Waals surface area contributed by atoms with E-state index in [0.717, 1.165) is 16.7 Å². The molecule has 0 unspecified atom stereocenters. The molecule has 0 atom stereocenters. The normalized spacial score (nSPS) is 15.0. The number of aryl methyl sites for hydroxylation is 1. The Labute approximate surface area is 190 Å². The number of nitrogens with one attached hydrogen (secondary N) is 1. The Morgan fingerprint density at radius 1 is 1.31 bits per heavy atom. The van der Waals surface area contributed by atoms with Crippen molar-refractivity contribution in [2.24, 2.45) is 0 Å². The lowest BCUT2D eigenvalue weighted by molar-refractivity contribution is 0.0794. The molecule has 3 rings (SSSR count). The summed E-state index contributed by atoms with van der Waals surface area (Å²) in [5, 5.41) is 21.8. The first-order valence-electron chi connectivity index (χ1n) is 10.00. The van der Waals surface area contributed by atoms with Crippen LogP contribution in [0.5, 0.6) is 5.88 Å². The molecule has 10 heteroatoms. The molecular formula is C22H23ClF2N6O. The van der Waals surface area contributed by atoms with Gasteiger partial charge in [-0.25, -0.2) is 18.7 Å². The predicted octanol–water partition coefficient (Wildman–Crippen LogP) is 4.18. The number of pyridine rings is 2. The maximum absolute atomic E-state index is 12.4. The summed E-state index contributed by atoms with van der Waals surface area (Å²) in [4.78, 5) is 10.8. The first kappa shape index (κ1) is 23.6. The first-order chi connectivity index (χ1) is 15.2. The van der Waals surface area contributed by atoms with E-state index in [1.54, 1.807) is 6.07 Å². The summed E-state index contributed by atoms with van der Waals surface area (Å²) in [5.41, 5.74) is 3.24. The number of fused-ring (bicyclic) bond motifs is 1. The highest BCUT2D eigenvalue weighted by molar-refractivity contribution is 6.30. The van der Waals surface area contributed by atoms with E-state index in [4.69, 9.17) is 21.6 Å². The van der Waals surface area contributed by atoms with E-state index in [9.17, 15) is 14.0 Å². The Kier molecular flexibility index (Phi) is 7.12. The average molecular weight is 461 g/mol. The van der Waals surface area contributed by atoms with E-state index in [-0.39, 0.29) is 17.6 Å². The minimum Gasteiger partial charge on any atom is -0.472 e. The topological polar surface area (TPSA) is 97.9 Å². The van der Waals surface area contributed by atoms with Gasteiger partial charge in [-0.05, 0) is 18.1 Å². The third-order valence-electron chi connectivity index (χ3n) is 5.30. The predicted molar refractivity (Wildman–Crippen MR) is 116 cm³/mol. The van der Waals surface area contributed by atoms with Crippen LogP contribution in [0, 0.1) is 29.6 Å². The highest BCUT2D eigenvalue weighted by Gasteiger charge is 2.37. The Balaban J connectivity index is 1.91. The van der Waals surface area contributed by atoms with Gasteiger partial charge in [0.2, 0.25) is 5.88 Å². The smallest absolute Gasteiger partial charge is 0.272 e. The van der Waals surface area contributed by atoms with Crippen LogP contribution in [-0.2, 0) is 18.5 Å². The standard InChI is InChI=1S/C22H23ClF2N6O/c1-13-14(4-5-18(29-13)32-11-17(24)25)9-31-10-16-19(22(2,3)12-31)15(8-27)20(23)30-21(16)28-7-6-26/h4-5,17H,7,9-12H2,1-3H3,(H,28,30). The molecule has 0 saturated carbocycles. The molecule has 0 radical (unpaired) electrons. The molecule has 32 heavy (non-hydrogen) atoms. The second-order valence-electron chi connectivity index (χ2n) is 8.23. The molecule has 0 amide bonds. The van der Waals surface area contributed by atoms with Crippen LogP contribution < -0.4 is 10.1 Å². The number of alkyl halides is 2. The van der Waals surface area contributed by atoms with Crippen molar-refractivity contribution in [3.8, 4) is 18.0 Å². The molecule has 2 aromatic rings. The van der Waals surface area contributed by atoms with E-state index in [2.05, 4.69) is 26.3 Å². The van der Waals surface area contributed by atoms with Crippen LogP contribution in [-0.4, -0.2) is 41.0 Å². The van der Waals surface area contributed by atoms with Gasteiger partial charge in [0.05, 0.1) is 11.6 Å². The fraction of sp³-hybridized carbons (Fsp3) is 0.455. The summed E-state index contributed by atoms with van der Waals surface area (Å²) in [6, 6.07) is 7.62. The van der Waals surface area contributed by atoms with E-state index >= 15 is 0 Å². The van der Waals surface area contributed by atoms with E-state index in [1.165, 1.54) is 0 Å². The van der Waals surface area contributed by atoms with Crippen LogP contribution in [0.25, 0.3) is 0 Å². The Bertz CT molecular complexity index is 1090. The van der Waals surface area contributed by atoms with Gasteiger partial charge in [-0.3, -0.25) is 4.90 Å². The number of aromatic nitrogens is 2. The number of hydrogen-bond donors (Lipinski definition) is 1. The third-order valence-corrected chi connectivity index (χ3v) is 5.57. The molecule has 2 aromatic heterocycles. The summed E-state index contributed by atoms with van der Waals surface area (Å²) >= 11 is 6.28. The molecular weight excluding hydrogens is 438 g/mol. The SMILES string of the molecule is Cc1nc(OCC(F)F)ccc1CN1Cc2c(NCC#N)nc(Cl)c(C#N)c2C(C)(C)C1. The van der Waals surface area contributed by atoms with Gasteiger partial charge in [-0.1, -0.05) is 31.5 Å². The molecule has 0 bridgehead atoms. The number of anilines is 1. The number of hydrogen-bond acceptors (Lipinski definition) is 7. The Hall–Kier alpha value is -3.01. The molecule has 3 heterocycles. The third kappa shape index (κ3) is 5.07. The fourth-order valence-corrected chi connectivity index (χ4v) is 4.32. The number of ether oxygens (including phenoxy) is 1. The summed E-state index contributed by atoms with van der Waals surface area (Å²) in [5.74, 6) is 0.658. The van der Waals surface area contributed by atoms with Gasteiger partial charge in [0.15, 0.2) is 6.61 Å². The lowest BCUT2D eigenvalue weighted by atomic mass is 9.76. The lowest BCUT2D eigenvalue weighted by Gasteiger charge is -2.41. The highest BCUT2D eigenvalue weighted by Crippen LogP contribution is 2.41. The van der Waals surface area contributed by atoms with Crippen molar-refractivity contribution in [1.82, 2.24) is 14.9 Å². The molecule has 0 aliphatic carbocycles. The second kappa shape index (κ2) is 9.64. The Morgan fingerprint density at radius 2 is 2.06 bits per heavy atom. The molecule has 0 saturated heterocycles. The molecule has 1 N–H and O–H groups in total. The quantitative estimate of drug-likeness (QED) is 0.488. The van der Waals surface area contributed by atoms with Crippen LogP contribution in [0.2, 0.25) is 5.15 Å². The van der Waals surface area contributed by atoms with Crippen LogP contribution in [0.3, 0.4) is 0 Å². The first-order valence-corrected chi connectivity index (χ1v) is 10.4. The monoisotopic (exact) mass is 460 g/mol. The van der Waals surface area contributed by atoms with Crippen LogP contribution in [0.15, 0.2) is 12.1 Å². The van der Waals surface area contributed by atoms with Gasteiger partial charge in [0.25, 0.3) is 6.43 Å². The maximum atomic E-state index is 12.4. The van der Waals surface area contributed by atoms with Gasteiger partial charge in [0.1, 0.15) is 23.6 Å². The number of nitriles is 2. The number of rotatable bonds is 7. The zero-order chi connectivity index (χ0) is 23.5. The minimum absolute atomic E-state index is 0.0607. The van der Waals surface area contributed by atoms with E-state index in [1.807, 2.05) is 32.9 Å². The number of nitrogens with zero attached hydrogens (tertiary/aromatic N) is 5. The van der Waals surface area contributed by atoms with Crippen LogP contribution >= 0.6 is 11.6 Å². The van der Waals surface area contributed by atoms with Crippen molar-refractivity contribution < 1.29 is 13.5 Å². The second-order valence-corrected chi connectivity index (χ2v) is 8.59. The maximum Gasteiger partial charge on any atom is 0.272 e. The zero-order valence-corrected chi connectivity index (χ0v) is 18.8. The Morgan fingerprint density at radius 3 is 2.69 bits per heavy atom. The minimum atomic E-state index is -2.56. The van der Waals surface area contributed by atoms with E-state index < -0.39 is 18.4 Å². The van der Waals surface area contributed by atoms with Crippen molar-refractivity contribution in [1.29, 1.82) is 10.5 Å². The van der Waals surface area contributed by atoms with Crippen molar-refractivity contribution in [2.75, 3.05) is 25.0 Å². The molecule has 1 aliphatic rings. The molecule has 0 aromatic carbocycles. The highest BCUT2D eigenvalue weighted by atomic mass is 35.5. The zero-order valence-electron chi connectivity index (χ0n) is 18.0. The molecule has 0 fully saturated rings. The summed E-state index contributed by atoms with van der Waals surface area (Å²) in [7, 11) is 0. The average Bonchev–Trinajstić information content (AvgIpc) is 2.72. The molecule has 7 nitrogen and oxygen atoms in total. The van der Waals surface area contributed by atoms with Gasteiger partial charge in [-0.2, -0.15) is 10.5 Å². The summed E-state index contributed by atoms with van der Waals surface area (Å²) < 4.78 is 29.8. The van der Waals surface area contributed by atoms with Crippen molar-refractivity contribution in [3.05, 3.63) is 45.2 Å². The molecule has 0 spiro atoms. The molecule has 168 valence electrons. The van der Waals surface area contributed by atoms with Gasteiger partial charge in [0, 0.05) is 42.4 Å². The summed E-state index contributed by atoms with van der Waals surface area (Å²) in [6.45, 7) is 6.94. The number of halogens is 3. The molecule has 1 aliphatic heterocycles. The van der Waals surface area contributed by atoms with Crippen LogP contribution in [0.1, 0.15) is 41.8 Å². The van der Waals surface area contributed by atoms with Crippen molar-refractivity contribution >= 4 is 17.4 Å².